The van der Waals surface area contributed by atoms with Crippen LogP contribution >= 0.6 is 30.1 Å². The standard InChI is InChI=1S/C10H11Cl2O2P/c1-13-8-3-5-9(6-4-8)15(12)7-10(11)14-2/h3-7H,1-2H3/b10-7-. The molecule has 0 N–H and O–H groups in total. The smallest absolute Gasteiger partial charge is 0.188 e. The van der Waals surface area contributed by atoms with Gasteiger partial charge in [-0.2, -0.15) is 0 Å². The summed E-state index contributed by atoms with van der Waals surface area (Å²) in [5, 5.41) is 1.31. The topological polar surface area (TPSA) is 18.5 Å². The fraction of sp³-hybridized carbons (Fsp3) is 0.200. The number of rotatable bonds is 4. The summed E-state index contributed by atoms with van der Waals surface area (Å²) in [5.41, 5.74) is 0. The number of benzene rings is 1. The van der Waals surface area contributed by atoms with Gasteiger partial charge in [0.25, 0.3) is 0 Å². The summed E-state index contributed by atoms with van der Waals surface area (Å²) in [6, 6.07) is 7.55. The Kier molecular flexibility index (Phi) is 5.24. The van der Waals surface area contributed by atoms with Crippen LogP contribution in [0.1, 0.15) is 0 Å². The molecule has 1 unspecified atom stereocenters. The summed E-state index contributed by atoms with van der Waals surface area (Å²) in [7, 11) is 2.19. The van der Waals surface area contributed by atoms with E-state index in [1.807, 2.05) is 24.3 Å². The van der Waals surface area contributed by atoms with Crippen LogP contribution in [0.5, 0.6) is 5.75 Å². The summed E-state index contributed by atoms with van der Waals surface area (Å²) < 4.78 is 9.87. The van der Waals surface area contributed by atoms with E-state index in [4.69, 9.17) is 32.3 Å². The van der Waals surface area contributed by atoms with Crippen LogP contribution < -0.4 is 10.0 Å². The van der Waals surface area contributed by atoms with Crippen molar-refractivity contribution in [2.75, 3.05) is 14.2 Å². The quantitative estimate of drug-likeness (QED) is 0.611. The van der Waals surface area contributed by atoms with Gasteiger partial charge in [0.05, 0.1) is 14.2 Å². The average molecular weight is 265 g/mol. The number of halogens is 2. The van der Waals surface area contributed by atoms with E-state index in [1.54, 1.807) is 12.9 Å². The zero-order valence-electron chi connectivity index (χ0n) is 8.41. The molecule has 82 valence electrons. The number of methoxy groups -OCH3 is 2. The van der Waals surface area contributed by atoms with Gasteiger partial charge in [-0.05, 0) is 41.2 Å². The van der Waals surface area contributed by atoms with Crippen LogP contribution in [0, 0.1) is 0 Å². The molecule has 5 heteroatoms. The van der Waals surface area contributed by atoms with Gasteiger partial charge >= 0.3 is 0 Å². The highest BCUT2D eigenvalue weighted by atomic mass is 35.7. The molecule has 1 rings (SSSR count). The van der Waals surface area contributed by atoms with Crippen LogP contribution in [0.3, 0.4) is 0 Å². The molecule has 0 aromatic heterocycles. The summed E-state index contributed by atoms with van der Waals surface area (Å²) in [6.07, 6.45) is 0. The highest BCUT2D eigenvalue weighted by molar-refractivity contribution is 7.92. The molecule has 0 aliphatic carbocycles. The van der Waals surface area contributed by atoms with Crippen molar-refractivity contribution >= 4 is 35.4 Å². The molecule has 0 heterocycles. The molecule has 0 aliphatic rings. The second-order valence-electron chi connectivity index (χ2n) is 2.65. The Hall–Kier alpha value is -0.430. The molecule has 0 fully saturated rings. The van der Waals surface area contributed by atoms with E-state index in [2.05, 4.69) is 0 Å². The molecule has 0 saturated carbocycles. The third-order valence-corrected chi connectivity index (χ3v) is 4.28. The van der Waals surface area contributed by atoms with Crippen molar-refractivity contribution in [1.29, 1.82) is 0 Å². The maximum absolute atomic E-state index is 6.16. The van der Waals surface area contributed by atoms with Crippen LogP contribution in [0.25, 0.3) is 0 Å². The van der Waals surface area contributed by atoms with E-state index >= 15 is 0 Å². The molecule has 1 atom stereocenters. The summed E-state index contributed by atoms with van der Waals surface area (Å²) in [4.78, 5) is 0. The largest absolute Gasteiger partial charge is 0.497 e. The van der Waals surface area contributed by atoms with Crippen molar-refractivity contribution in [1.82, 2.24) is 0 Å². The Balaban J connectivity index is 2.78. The van der Waals surface area contributed by atoms with Crippen molar-refractivity contribution in [2.45, 2.75) is 0 Å². The Morgan fingerprint density at radius 1 is 1.27 bits per heavy atom. The maximum Gasteiger partial charge on any atom is 0.188 e. The highest BCUT2D eigenvalue weighted by Gasteiger charge is 2.06. The second-order valence-corrected chi connectivity index (χ2v) is 5.51. The van der Waals surface area contributed by atoms with Crippen LogP contribution in [-0.4, -0.2) is 14.2 Å². The van der Waals surface area contributed by atoms with Gasteiger partial charge < -0.3 is 9.47 Å². The molecule has 1 aromatic rings. The van der Waals surface area contributed by atoms with Crippen molar-refractivity contribution in [2.24, 2.45) is 0 Å². The molecule has 1 aromatic carbocycles. The van der Waals surface area contributed by atoms with Gasteiger partial charge in [0.2, 0.25) is 0 Å². The number of hydrogen-bond acceptors (Lipinski definition) is 2. The fourth-order valence-electron chi connectivity index (χ4n) is 0.941. The lowest BCUT2D eigenvalue weighted by Gasteiger charge is -2.06. The van der Waals surface area contributed by atoms with E-state index in [9.17, 15) is 0 Å². The first-order valence-electron chi connectivity index (χ1n) is 4.17. The lowest BCUT2D eigenvalue weighted by molar-refractivity contribution is 0.322. The summed E-state index contributed by atoms with van der Waals surface area (Å²) in [6.45, 7) is 0. The number of hydrogen-bond donors (Lipinski definition) is 0. The first kappa shape index (κ1) is 12.6. The van der Waals surface area contributed by atoms with Crippen LogP contribution in [-0.2, 0) is 4.74 Å². The van der Waals surface area contributed by atoms with Gasteiger partial charge in [-0.15, -0.1) is 0 Å². The highest BCUT2D eigenvalue weighted by Crippen LogP contribution is 2.43. The maximum atomic E-state index is 6.16. The average Bonchev–Trinajstić information content (AvgIpc) is 2.29. The van der Waals surface area contributed by atoms with E-state index in [0.717, 1.165) is 11.1 Å². The monoisotopic (exact) mass is 264 g/mol. The minimum atomic E-state index is -0.941. The molecule has 15 heavy (non-hydrogen) atoms. The molecule has 0 spiro atoms. The normalized spacial score (nSPS) is 13.5. The summed E-state index contributed by atoms with van der Waals surface area (Å²) >= 11 is 11.9. The Labute approximate surface area is 100 Å². The molecular formula is C10H11Cl2O2P. The van der Waals surface area contributed by atoms with Gasteiger partial charge in [0.1, 0.15) is 5.75 Å². The molecular weight excluding hydrogens is 254 g/mol. The minimum absolute atomic E-state index is 0.312. The second kappa shape index (κ2) is 6.22. The van der Waals surface area contributed by atoms with Crippen LogP contribution in [0.4, 0.5) is 0 Å². The Morgan fingerprint density at radius 2 is 1.87 bits per heavy atom. The molecule has 0 bridgehead atoms. The van der Waals surface area contributed by atoms with Crippen molar-refractivity contribution in [3.05, 3.63) is 35.3 Å². The van der Waals surface area contributed by atoms with Gasteiger partial charge in [0.15, 0.2) is 5.22 Å². The number of ether oxygens (including phenoxy) is 2. The van der Waals surface area contributed by atoms with E-state index in [1.165, 1.54) is 7.11 Å². The third-order valence-electron chi connectivity index (χ3n) is 1.73. The predicted octanol–water partition coefficient (Wildman–Crippen LogP) is 3.64. The first-order chi connectivity index (χ1) is 7.17. The molecule has 2 nitrogen and oxygen atoms in total. The SMILES string of the molecule is CO/C(Cl)=C\P(Cl)c1ccc(OC)cc1. The Bertz CT molecular complexity index is 338. The minimum Gasteiger partial charge on any atom is -0.497 e. The lowest BCUT2D eigenvalue weighted by Crippen LogP contribution is -1.95. The molecule has 0 amide bonds. The Morgan fingerprint density at radius 3 is 2.33 bits per heavy atom. The van der Waals surface area contributed by atoms with Crippen molar-refractivity contribution in [3.63, 3.8) is 0 Å². The molecule has 0 saturated heterocycles. The van der Waals surface area contributed by atoms with Crippen LogP contribution in [0.15, 0.2) is 35.3 Å². The van der Waals surface area contributed by atoms with Crippen molar-refractivity contribution < 1.29 is 9.47 Å². The van der Waals surface area contributed by atoms with E-state index in [-0.39, 0.29) is 0 Å². The van der Waals surface area contributed by atoms with Gasteiger partial charge in [-0.1, -0.05) is 11.2 Å². The zero-order chi connectivity index (χ0) is 11.3. The lowest BCUT2D eigenvalue weighted by atomic mass is 10.3. The predicted molar refractivity (Wildman–Crippen MR) is 66.3 cm³/mol. The van der Waals surface area contributed by atoms with Crippen LogP contribution in [0.2, 0.25) is 0 Å². The van der Waals surface area contributed by atoms with Gasteiger partial charge in [-0.3, -0.25) is 0 Å². The van der Waals surface area contributed by atoms with E-state index < -0.39 is 7.27 Å². The van der Waals surface area contributed by atoms with E-state index in [0.29, 0.717) is 5.22 Å². The zero-order valence-corrected chi connectivity index (χ0v) is 10.8. The molecule has 0 aliphatic heterocycles. The summed E-state index contributed by atoms with van der Waals surface area (Å²) in [5.74, 6) is 2.50. The first-order valence-corrected chi connectivity index (χ1v) is 6.87. The molecule has 0 radical (unpaired) electrons. The van der Waals surface area contributed by atoms with Crippen molar-refractivity contribution in [3.8, 4) is 5.75 Å². The fourth-order valence-corrected chi connectivity index (χ4v) is 2.85. The van der Waals surface area contributed by atoms with Gasteiger partial charge in [-0.25, -0.2) is 0 Å². The van der Waals surface area contributed by atoms with Gasteiger partial charge in [0, 0.05) is 13.1 Å². The third kappa shape index (κ3) is 3.90.